The van der Waals surface area contributed by atoms with Crippen molar-refractivity contribution in [2.45, 2.75) is 4.84 Å². The van der Waals surface area contributed by atoms with E-state index in [0.29, 0.717) is 0 Å². The van der Waals surface area contributed by atoms with Gasteiger partial charge in [-0.05, 0) is 0 Å². The molecule has 0 saturated carbocycles. The highest BCUT2D eigenvalue weighted by molar-refractivity contribution is 7.95. The molecule has 1 N–H and O–H groups in total. The molecule has 48 valence electrons. The van der Waals surface area contributed by atoms with Crippen LogP contribution in [0.5, 0.6) is 0 Å². The SMILES string of the molecule is O=C(C(Cl)Cl)S(=O)O. The van der Waals surface area contributed by atoms with Crippen LogP contribution in [0.3, 0.4) is 0 Å². The van der Waals surface area contributed by atoms with Gasteiger partial charge in [-0.2, -0.15) is 0 Å². The Hall–Kier alpha value is 0.360. The molecule has 1 atom stereocenters. The van der Waals surface area contributed by atoms with Gasteiger partial charge in [0.15, 0.2) is 4.84 Å². The molecule has 0 amide bonds. The van der Waals surface area contributed by atoms with Crippen molar-refractivity contribution in [1.29, 1.82) is 0 Å². The lowest BCUT2D eigenvalue weighted by Crippen LogP contribution is -2.13. The Bertz CT molecular complexity index is 122. The summed E-state index contributed by atoms with van der Waals surface area (Å²) in [5.41, 5.74) is 0. The van der Waals surface area contributed by atoms with Crippen molar-refractivity contribution in [3.05, 3.63) is 0 Å². The lowest BCUT2D eigenvalue weighted by molar-refractivity contribution is -0.110. The molecule has 0 fully saturated rings. The Morgan fingerprint density at radius 3 is 2.00 bits per heavy atom. The topological polar surface area (TPSA) is 54.4 Å². The highest BCUT2D eigenvalue weighted by atomic mass is 35.5. The summed E-state index contributed by atoms with van der Waals surface area (Å²) in [5, 5.41) is -1.09. The third kappa shape index (κ3) is 2.61. The second-order valence-electron chi connectivity index (χ2n) is 0.869. The predicted molar refractivity (Wildman–Crippen MR) is 31.3 cm³/mol. The molecule has 0 aliphatic carbocycles. The van der Waals surface area contributed by atoms with Crippen molar-refractivity contribution in [3.63, 3.8) is 0 Å². The van der Waals surface area contributed by atoms with E-state index in [4.69, 9.17) is 27.8 Å². The van der Waals surface area contributed by atoms with E-state index in [2.05, 4.69) is 0 Å². The molecule has 0 aromatic carbocycles. The molecule has 0 aliphatic heterocycles. The van der Waals surface area contributed by atoms with Crippen molar-refractivity contribution in [3.8, 4) is 0 Å². The van der Waals surface area contributed by atoms with Crippen LogP contribution in [-0.2, 0) is 15.9 Å². The number of rotatable bonds is 1. The molecule has 6 heteroatoms. The van der Waals surface area contributed by atoms with Crippen LogP contribution in [0, 0.1) is 0 Å². The summed E-state index contributed by atoms with van der Waals surface area (Å²) in [5.74, 6) is 0. The minimum Gasteiger partial charge on any atom is -0.300 e. The van der Waals surface area contributed by atoms with Crippen LogP contribution in [0.4, 0.5) is 0 Å². The smallest absolute Gasteiger partial charge is 0.278 e. The maximum Gasteiger partial charge on any atom is 0.278 e. The molecular formula is C2H2Cl2O3S. The molecule has 0 bridgehead atoms. The number of carbonyl (C=O) groups is 1. The second kappa shape index (κ2) is 3.40. The summed E-state index contributed by atoms with van der Waals surface area (Å²) in [6.07, 6.45) is 0. The van der Waals surface area contributed by atoms with E-state index in [-0.39, 0.29) is 0 Å². The summed E-state index contributed by atoms with van der Waals surface area (Å²) in [6.45, 7) is 0. The number of halogens is 2. The molecule has 8 heavy (non-hydrogen) atoms. The summed E-state index contributed by atoms with van der Waals surface area (Å²) < 4.78 is 17.7. The van der Waals surface area contributed by atoms with Gasteiger partial charge in [-0.15, -0.1) is 0 Å². The lowest BCUT2D eigenvalue weighted by atomic mass is 10.9. The minimum absolute atomic E-state index is 1.09. The molecule has 0 aromatic rings. The average Bonchev–Trinajstić information content (AvgIpc) is 1.64. The fourth-order valence-electron chi connectivity index (χ4n) is 0.0762. The van der Waals surface area contributed by atoms with Crippen LogP contribution in [0.1, 0.15) is 0 Å². The predicted octanol–water partition coefficient (Wildman–Crippen LogP) is 0.538. The molecule has 0 spiro atoms. The van der Waals surface area contributed by atoms with Gasteiger partial charge in [0.25, 0.3) is 5.12 Å². The van der Waals surface area contributed by atoms with Crippen LogP contribution in [0.25, 0.3) is 0 Å². The molecule has 0 aromatic heterocycles. The van der Waals surface area contributed by atoms with Gasteiger partial charge in [-0.1, -0.05) is 23.2 Å². The summed E-state index contributed by atoms with van der Waals surface area (Å²) in [6, 6.07) is 0. The van der Waals surface area contributed by atoms with E-state index < -0.39 is 21.0 Å². The second-order valence-corrected chi connectivity index (χ2v) is 2.87. The standard InChI is InChI=1S/C2H2Cl2O3S/c3-1(4)2(5)8(6)7/h1H,(H,6,7). The zero-order valence-corrected chi connectivity index (χ0v) is 5.83. The largest absolute Gasteiger partial charge is 0.300 e. The van der Waals surface area contributed by atoms with Gasteiger partial charge in [-0.3, -0.25) is 9.35 Å². The number of alkyl halides is 2. The quantitative estimate of drug-likeness (QED) is 0.469. The monoisotopic (exact) mass is 176 g/mol. The Morgan fingerprint density at radius 2 is 2.00 bits per heavy atom. The van der Waals surface area contributed by atoms with E-state index >= 15 is 0 Å². The van der Waals surface area contributed by atoms with Gasteiger partial charge < -0.3 is 0 Å². The Labute approximate surface area is 58.2 Å². The first-order valence-electron chi connectivity index (χ1n) is 1.48. The highest BCUT2D eigenvalue weighted by Gasteiger charge is 2.16. The highest BCUT2D eigenvalue weighted by Crippen LogP contribution is 2.03. The maximum atomic E-state index is 10.0. The lowest BCUT2D eigenvalue weighted by Gasteiger charge is -1.90. The van der Waals surface area contributed by atoms with Crippen molar-refractivity contribution in [2.75, 3.05) is 0 Å². The first-order valence-corrected chi connectivity index (χ1v) is 3.46. The fourth-order valence-corrected chi connectivity index (χ4v) is 0.686. The van der Waals surface area contributed by atoms with Crippen LogP contribution >= 0.6 is 23.2 Å². The molecule has 0 radical (unpaired) electrons. The van der Waals surface area contributed by atoms with Crippen molar-refractivity contribution in [2.24, 2.45) is 0 Å². The van der Waals surface area contributed by atoms with Gasteiger partial charge in [0.1, 0.15) is 0 Å². The average molecular weight is 177 g/mol. The van der Waals surface area contributed by atoms with Crippen LogP contribution < -0.4 is 0 Å². The van der Waals surface area contributed by atoms with Crippen molar-refractivity contribution >= 4 is 39.4 Å². The zero-order valence-electron chi connectivity index (χ0n) is 3.51. The molecule has 1 unspecified atom stereocenters. The molecule has 3 nitrogen and oxygen atoms in total. The van der Waals surface area contributed by atoms with Crippen LogP contribution in [0.15, 0.2) is 0 Å². The fraction of sp³-hybridized carbons (Fsp3) is 0.500. The third-order valence-corrected chi connectivity index (χ3v) is 1.59. The van der Waals surface area contributed by atoms with Gasteiger partial charge in [-0.25, -0.2) is 4.21 Å². The third-order valence-electron chi connectivity index (χ3n) is 0.350. The summed E-state index contributed by atoms with van der Waals surface area (Å²) >= 11 is 7.23. The van der Waals surface area contributed by atoms with Gasteiger partial charge in [0.2, 0.25) is 11.1 Å². The normalized spacial score (nSPS) is 14.0. The van der Waals surface area contributed by atoms with Gasteiger partial charge >= 0.3 is 0 Å². The first kappa shape index (κ1) is 8.36. The molecule has 0 heterocycles. The Morgan fingerprint density at radius 1 is 1.62 bits per heavy atom. The Kier molecular flexibility index (Phi) is 3.55. The number of hydrogen-bond acceptors (Lipinski definition) is 2. The zero-order chi connectivity index (χ0) is 6.73. The van der Waals surface area contributed by atoms with Crippen LogP contribution in [-0.4, -0.2) is 18.7 Å². The van der Waals surface area contributed by atoms with E-state index in [1.54, 1.807) is 0 Å². The van der Waals surface area contributed by atoms with Crippen LogP contribution in [0.2, 0.25) is 0 Å². The van der Waals surface area contributed by atoms with Gasteiger partial charge in [0, 0.05) is 0 Å². The molecular weight excluding hydrogens is 175 g/mol. The summed E-state index contributed by atoms with van der Waals surface area (Å²) in [4.78, 5) is 8.63. The maximum absolute atomic E-state index is 10.0. The number of hydrogen-bond donors (Lipinski definition) is 1. The first-order chi connectivity index (χ1) is 3.55. The van der Waals surface area contributed by atoms with Crippen molar-refractivity contribution in [1.82, 2.24) is 0 Å². The van der Waals surface area contributed by atoms with Crippen molar-refractivity contribution < 1.29 is 13.6 Å². The Balaban J connectivity index is 3.84. The molecule has 0 saturated heterocycles. The molecule has 0 rings (SSSR count). The van der Waals surface area contributed by atoms with E-state index in [0.717, 1.165) is 0 Å². The van der Waals surface area contributed by atoms with Gasteiger partial charge in [0.05, 0.1) is 0 Å². The minimum atomic E-state index is -2.54. The van der Waals surface area contributed by atoms with E-state index in [1.165, 1.54) is 0 Å². The number of carbonyl (C=O) groups excluding carboxylic acids is 1. The van der Waals surface area contributed by atoms with E-state index in [1.807, 2.05) is 0 Å². The van der Waals surface area contributed by atoms with E-state index in [9.17, 15) is 9.00 Å². The molecule has 0 aliphatic rings. The summed E-state index contributed by atoms with van der Waals surface area (Å²) in [7, 11) is 0.